The number of hydrogen-bond acceptors (Lipinski definition) is 6. The van der Waals surface area contributed by atoms with E-state index in [0.717, 1.165) is 23.3 Å². The third kappa shape index (κ3) is 3.86. The predicted octanol–water partition coefficient (Wildman–Crippen LogP) is 3.30. The van der Waals surface area contributed by atoms with Crippen LogP contribution < -0.4 is 5.56 Å². The molecule has 1 N–H and O–H groups in total. The lowest BCUT2D eigenvalue weighted by molar-refractivity contribution is 0.0709. The molecule has 1 aliphatic heterocycles. The maximum Gasteiger partial charge on any atom is 0.281 e. The van der Waals surface area contributed by atoms with E-state index >= 15 is 0 Å². The Morgan fingerprint density at radius 3 is 2.94 bits per heavy atom. The van der Waals surface area contributed by atoms with Crippen molar-refractivity contribution in [3.05, 3.63) is 73.4 Å². The van der Waals surface area contributed by atoms with Gasteiger partial charge in [0.1, 0.15) is 5.82 Å². The van der Waals surface area contributed by atoms with Gasteiger partial charge in [-0.05, 0) is 35.9 Å². The molecule has 0 bridgehead atoms. The smallest absolute Gasteiger partial charge is 0.281 e. The SMILES string of the molecule is O=C(c1cccs1)N1CCC[C@H](c2nc3c(nnn3Cc3ccccc3Cl)c(=O)[nH]2)C1. The van der Waals surface area contributed by atoms with E-state index in [1.165, 1.54) is 11.3 Å². The lowest BCUT2D eigenvalue weighted by atomic mass is 9.97. The third-order valence-electron chi connectivity index (χ3n) is 5.50. The van der Waals surface area contributed by atoms with Crippen LogP contribution in [0, 0.1) is 0 Å². The Balaban J connectivity index is 1.45. The summed E-state index contributed by atoms with van der Waals surface area (Å²) in [4.78, 5) is 35.6. The molecule has 4 heterocycles. The summed E-state index contributed by atoms with van der Waals surface area (Å²) >= 11 is 7.71. The fraction of sp³-hybridized carbons (Fsp3) is 0.286. The number of thiophene rings is 1. The number of hydrogen-bond donors (Lipinski definition) is 1. The average Bonchev–Trinajstić information content (AvgIpc) is 3.46. The molecular formula is C21H19ClN6O2S. The number of nitrogens with one attached hydrogen (secondary N) is 1. The number of nitrogens with zero attached hydrogens (tertiary/aromatic N) is 5. The van der Waals surface area contributed by atoms with Crippen LogP contribution >= 0.6 is 22.9 Å². The van der Waals surface area contributed by atoms with Crippen molar-refractivity contribution in [2.45, 2.75) is 25.3 Å². The molecule has 0 spiro atoms. The van der Waals surface area contributed by atoms with Crippen molar-refractivity contribution < 1.29 is 4.79 Å². The van der Waals surface area contributed by atoms with Crippen molar-refractivity contribution in [3.63, 3.8) is 0 Å². The second-order valence-electron chi connectivity index (χ2n) is 7.53. The maximum absolute atomic E-state index is 12.8. The largest absolute Gasteiger partial charge is 0.337 e. The Labute approximate surface area is 186 Å². The standard InChI is InChI=1S/C21H19ClN6O2S/c22-15-7-2-1-5-13(15)12-28-19-17(25-26-28)20(29)24-18(23-19)14-6-3-9-27(11-14)21(30)16-8-4-10-31-16/h1-2,4-5,7-8,10,14H,3,6,9,11-12H2,(H,23,24,29)/t14-/m0/s1. The van der Waals surface area contributed by atoms with Gasteiger partial charge in [0, 0.05) is 24.0 Å². The van der Waals surface area contributed by atoms with Crippen LogP contribution in [0.25, 0.3) is 11.2 Å². The van der Waals surface area contributed by atoms with Crippen molar-refractivity contribution >= 4 is 40.0 Å². The number of amides is 1. The predicted molar refractivity (Wildman–Crippen MR) is 119 cm³/mol. The highest BCUT2D eigenvalue weighted by Crippen LogP contribution is 2.26. The van der Waals surface area contributed by atoms with Gasteiger partial charge in [0.25, 0.3) is 11.5 Å². The summed E-state index contributed by atoms with van der Waals surface area (Å²) in [5.74, 6) is 0.524. The lowest BCUT2D eigenvalue weighted by Gasteiger charge is -2.31. The van der Waals surface area contributed by atoms with Gasteiger partial charge >= 0.3 is 0 Å². The summed E-state index contributed by atoms with van der Waals surface area (Å²) in [5.41, 5.74) is 1.15. The van der Waals surface area contributed by atoms with E-state index < -0.39 is 0 Å². The second-order valence-corrected chi connectivity index (χ2v) is 8.88. The van der Waals surface area contributed by atoms with Gasteiger partial charge in [-0.1, -0.05) is 41.1 Å². The van der Waals surface area contributed by atoms with E-state index in [1.807, 2.05) is 46.7 Å². The van der Waals surface area contributed by atoms with Gasteiger partial charge in [0.2, 0.25) is 0 Å². The van der Waals surface area contributed by atoms with Crippen LogP contribution in [0.4, 0.5) is 0 Å². The quantitative estimate of drug-likeness (QED) is 0.510. The van der Waals surface area contributed by atoms with Crippen LogP contribution in [-0.2, 0) is 6.54 Å². The topological polar surface area (TPSA) is 96.8 Å². The van der Waals surface area contributed by atoms with Crippen LogP contribution in [-0.4, -0.2) is 48.9 Å². The molecule has 1 atom stereocenters. The molecule has 8 nitrogen and oxygen atoms in total. The summed E-state index contributed by atoms with van der Waals surface area (Å²) in [6.07, 6.45) is 1.69. The Bertz CT molecular complexity index is 1300. The summed E-state index contributed by atoms with van der Waals surface area (Å²) in [5, 5.41) is 10.6. The molecule has 1 saturated heterocycles. The van der Waals surface area contributed by atoms with Gasteiger partial charge in [-0.25, -0.2) is 9.67 Å². The number of halogens is 1. The molecule has 4 aromatic rings. The minimum Gasteiger partial charge on any atom is -0.337 e. The van der Waals surface area contributed by atoms with Crippen LogP contribution in [0.5, 0.6) is 0 Å². The van der Waals surface area contributed by atoms with Gasteiger partial charge in [-0.15, -0.1) is 16.4 Å². The number of piperidine rings is 1. The van der Waals surface area contributed by atoms with Gasteiger partial charge in [-0.2, -0.15) is 0 Å². The minimum absolute atomic E-state index is 0.0218. The number of fused-ring (bicyclic) bond motifs is 1. The molecule has 0 unspecified atom stereocenters. The van der Waals surface area contributed by atoms with E-state index in [9.17, 15) is 9.59 Å². The maximum atomic E-state index is 12.8. The first-order valence-electron chi connectivity index (χ1n) is 10.00. The summed E-state index contributed by atoms with van der Waals surface area (Å²) in [7, 11) is 0. The Kier molecular flexibility index (Phi) is 5.29. The number of rotatable bonds is 4. The number of carbonyl (C=O) groups excluding carboxylic acids is 1. The minimum atomic E-state index is -0.327. The first-order chi connectivity index (χ1) is 15.1. The summed E-state index contributed by atoms with van der Waals surface area (Å²) in [6.45, 7) is 1.57. The molecule has 1 amide bonds. The van der Waals surface area contributed by atoms with Crippen LogP contribution in [0.3, 0.4) is 0 Å². The molecule has 0 radical (unpaired) electrons. The molecule has 158 valence electrons. The highest BCUT2D eigenvalue weighted by molar-refractivity contribution is 7.12. The van der Waals surface area contributed by atoms with Gasteiger partial charge < -0.3 is 9.88 Å². The van der Waals surface area contributed by atoms with Crippen LogP contribution in [0.15, 0.2) is 46.6 Å². The van der Waals surface area contributed by atoms with Crippen LogP contribution in [0.1, 0.15) is 39.8 Å². The summed E-state index contributed by atoms with van der Waals surface area (Å²) < 4.78 is 1.59. The number of likely N-dealkylation sites (tertiary alicyclic amines) is 1. The second kappa shape index (κ2) is 8.24. The lowest BCUT2D eigenvalue weighted by Crippen LogP contribution is -2.39. The number of H-pyrrole nitrogens is 1. The highest BCUT2D eigenvalue weighted by atomic mass is 35.5. The van der Waals surface area contributed by atoms with Crippen molar-refractivity contribution in [1.29, 1.82) is 0 Å². The van der Waals surface area contributed by atoms with E-state index in [-0.39, 0.29) is 22.9 Å². The number of aromatic amines is 1. The van der Waals surface area contributed by atoms with Crippen molar-refractivity contribution in [1.82, 2.24) is 29.9 Å². The Morgan fingerprint density at radius 2 is 2.13 bits per heavy atom. The normalized spacial score (nSPS) is 16.7. The van der Waals surface area contributed by atoms with Crippen molar-refractivity contribution in [2.75, 3.05) is 13.1 Å². The first-order valence-corrected chi connectivity index (χ1v) is 11.3. The molecule has 1 fully saturated rings. The number of aromatic nitrogens is 5. The number of benzene rings is 1. The highest BCUT2D eigenvalue weighted by Gasteiger charge is 2.28. The molecule has 3 aromatic heterocycles. The van der Waals surface area contributed by atoms with E-state index in [4.69, 9.17) is 16.6 Å². The van der Waals surface area contributed by atoms with E-state index in [1.54, 1.807) is 4.68 Å². The summed E-state index contributed by atoms with van der Waals surface area (Å²) in [6, 6.07) is 11.2. The molecule has 0 aliphatic carbocycles. The zero-order valence-corrected chi connectivity index (χ0v) is 18.1. The van der Waals surface area contributed by atoms with Crippen molar-refractivity contribution in [2.24, 2.45) is 0 Å². The van der Waals surface area contributed by atoms with Gasteiger partial charge in [0.15, 0.2) is 11.2 Å². The zero-order valence-electron chi connectivity index (χ0n) is 16.5. The molecule has 1 aromatic carbocycles. The fourth-order valence-electron chi connectivity index (χ4n) is 3.91. The monoisotopic (exact) mass is 454 g/mol. The van der Waals surface area contributed by atoms with Crippen molar-refractivity contribution in [3.8, 4) is 0 Å². The van der Waals surface area contributed by atoms with Crippen LogP contribution in [0.2, 0.25) is 5.02 Å². The van der Waals surface area contributed by atoms with E-state index in [2.05, 4.69) is 15.3 Å². The van der Waals surface area contributed by atoms with Gasteiger partial charge in [0.05, 0.1) is 11.4 Å². The van der Waals surface area contributed by atoms with Gasteiger partial charge in [-0.3, -0.25) is 9.59 Å². The Morgan fingerprint density at radius 1 is 1.26 bits per heavy atom. The third-order valence-corrected chi connectivity index (χ3v) is 6.72. The zero-order chi connectivity index (χ0) is 21.4. The first kappa shape index (κ1) is 19.9. The molecule has 5 rings (SSSR count). The fourth-order valence-corrected chi connectivity index (χ4v) is 4.80. The molecular weight excluding hydrogens is 436 g/mol. The number of carbonyl (C=O) groups is 1. The molecule has 0 saturated carbocycles. The Hall–Kier alpha value is -3.04. The molecule has 1 aliphatic rings. The van der Waals surface area contributed by atoms with E-state index in [0.29, 0.717) is 36.1 Å². The average molecular weight is 455 g/mol. The molecule has 10 heteroatoms. The molecule has 31 heavy (non-hydrogen) atoms.